The molecule has 0 aliphatic carbocycles. The van der Waals surface area contributed by atoms with Gasteiger partial charge in [0.25, 0.3) is 0 Å². The first-order valence-electron chi connectivity index (χ1n) is 9.65. The molecule has 0 aromatic heterocycles. The Balaban J connectivity index is 2.97. The van der Waals surface area contributed by atoms with Gasteiger partial charge in [0.1, 0.15) is 0 Å². The van der Waals surface area contributed by atoms with Crippen LogP contribution in [0.2, 0.25) is 0 Å². The average molecular weight is 315 g/mol. The second-order valence-electron chi connectivity index (χ2n) is 6.85. The Morgan fingerprint density at radius 1 is 0.318 bits per heavy atom. The van der Waals surface area contributed by atoms with Crippen LogP contribution in [0.5, 0.6) is 0 Å². The van der Waals surface area contributed by atoms with Crippen molar-refractivity contribution in [3.63, 3.8) is 0 Å². The third kappa shape index (κ3) is 19.8. The van der Waals surface area contributed by atoms with Crippen LogP contribution >= 0.6 is 0 Å². The molecule has 0 spiro atoms. The smallest absolute Gasteiger partial charge is 0.0520 e. The van der Waals surface area contributed by atoms with E-state index in [2.05, 4.69) is 0 Å². The van der Waals surface area contributed by atoms with E-state index in [0.29, 0.717) is 0 Å². The second-order valence-corrected chi connectivity index (χ2v) is 6.85. The quantitative estimate of drug-likeness (QED) is 0.242. The van der Waals surface area contributed by atoms with Crippen molar-refractivity contribution in [3.05, 3.63) is 0 Å². The zero-order chi connectivity index (χ0) is 16.5. The van der Waals surface area contributed by atoms with Gasteiger partial charge in [-0.05, 0) is 12.8 Å². The number of nitrogens with two attached hydrogens (primary N) is 4. The molecule has 0 radical (unpaired) electrons. The van der Waals surface area contributed by atoms with Crippen molar-refractivity contribution in [3.8, 4) is 0 Å². The standard InChI is InChI=1S/C18H42N4/c19-17(20)15-13-11-9-7-5-3-1-2-4-6-8-10-12-14-16-18(21)22/h17-18H,1-16,19-22H2. The van der Waals surface area contributed by atoms with Gasteiger partial charge in [0.15, 0.2) is 0 Å². The summed E-state index contributed by atoms with van der Waals surface area (Å²) in [6.07, 6.45) is 20.6. The summed E-state index contributed by atoms with van der Waals surface area (Å²) in [5.41, 5.74) is 22.1. The first-order valence-corrected chi connectivity index (χ1v) is 9.65. The molecule has 0 bridgehead atoms. The monoisotopic (exact) mass is 314 g/mol. The molecular weight excluding hydrogens is 272 g/mol. The van der Waals surface area contributed by atoms with Crippen molar-refractivity contribution >= 4 is 0 Å². The van der Waals surface area contributed by atoms with Crippen LogP contribution in [-0.2, 0) is 0 Å². The topological polar surface area (TPSA) is 104 Å². The molecule has 0 fully saturated rings. The molecule has 0 saturated carbocycles. The Morgan fingerprint density at radius 3 is 0.682 bits per heavy atom. The van der Waals surface area contributed by atoms with Crippen LogP contribution in [0.1, 0.15) is 103 Å². The van der Waals surface area contributed by atoms with E-state index in [1.807, 2.05) is 0 Å². The Morgan fingerprint density at radius 2 is 0.500 bits per heavy atom. The summed E-state index contributed by atoms with van der Waals surface area (Å²) < 4.78 is 0. The molecule has 0 aliphatic rings. The van der Waals surface area contributed by atoms with Gasteiger partial charge in [-0.15, -0.1) is 0 Å². The van der Waals surface area contributed by atoms with Crippen LogP contribution in [0.4, 0.5) is 0 Å². The van der Waals surface area contributed by atoms with Gasteiger partial charge in [-0.2, -0.15) is 0 Å². The maximum Gasteiger partial charge on any atom is 0.0520 e. The van der Waals surface area contributed by atoms with E-state index in [-0.39, 0.29) is 12.3 Å². The Labute approximate surface area is 138 Å². The maximum absolute atomic E-state index is 5.53. The molecule has 4 heteroatoms. The summed E-state index contributed by atoms with van der Waals surface area (Å²) >= 11 is 0. The van der Waals surface area contributed by atoms with Crippen molar-refractivity contribution in [2.24, 2.45) is 22.9 Å². The lowest BCUT2D eigenvalue weighted by atomic mass is 10.0. The highest BCUT2D eigenvalue weighted by Gasteiger charge is 1.97. The molecule has 0 aromatic carbocycles. The van der Waals surface area contributed by atoms with E-state index in [1.54, 1.807) is 0 Å². The number of unbranched alkanes of at least 4 members (excludes halogenated alkanes) is 13. The first-order chi connectivity index (χ1) is 10.6. The van der Waals surface area contributed by atoms with Gasteiger partial charge in [-0.25, -0.2) is 0 Å². The summed E-state index contributed by atoms with van der Waals surface area (Å²) in [5.74, 6) is 0. The van der Waals surface area contributed by atoms with E-state index in [1.165, 1.54) is 89.9 Å². The van der Waals surface area contributed by atoms with Crippen LogP contribution in [0.15, 0.2) is 0 Å². The minimum Gasteiger partial charge on any atom is -0.316 e. The van der Waals surface area contributed by atoms with Crippen LogP contribution in [0.3, 0.4) is 0 Å². The van der Waals surface area contributed by atoms with E-state index in [9.17, 15) is 0 Å². The first kappa shape index (κ1) is 21.8. The number of hydrogen-bond donors (Lipinski definition) is 4. The highest BCUT2D eigenvalue weighted by Crippen LogP contribution is 2.13. The zero-order valence-electron chi connectivity index (χ0n) is 14.8. The molecule has 0 heterocycles. The molecule has 4 nitrogen and oxygen atoms in total. The van der Waals surface area contributed by atoms with Gasteiger partial charge in [0.05, 0.1) is 12.3 Å². The third-order valence-corrected chi connectivity index (χ3v) is 4.32. The minimum absolute atomic E-state index is 0.113. The van der Waals surface area contributed by atoms with Crippen LogP contribution < -0.4 is 22.9 Å². The van der Waals surface area contributed by atoms with Crippen molar-refractivity contribution in [1.82, 2.24) is 0 Å². The van der Waals surface area contributed by atoms with Crippen molar-refractivity contribution in [1.29, 1.82) is 0 Å². The molecule has 8 N–H and O–H groups in total. The fourth-order valence-electron chi connectivity index (χ4n) is 2.88. The number of rotatable bonds is 17. The van der Waals surface area contributed by atoms with Gasteiger partial charge in [0.2, 0.25) is 0 Å². The Bertz CT molecular complexity index is 185. The third-order valence-electron chi connectivity index (χ3n) is 4.32. The predicted molar refractivity (Wildman–Crippen MR) is 98.2 cm³/mol. The highest BCUT2D eigenvalue weighted by molar-refractivity contribution is 4.54. The van der Waals surface area contributed by atoms with E-state index < -0.39 is 0 Å². The molecule has 0 saturated heterocycles. The van der Waals surface area contributed by atoms with E-state index in [4.69, 9.17) is 22.9 Å². The fraction of sp³-hybridized carbons (Fsp3) is 1.00. The molecule has 0 rings (SSSR count). The molecule has 0 aromatic rings. The van der Waals surface area contributed by atoms with Crippen molar-refractivity contribution in [2.75, 3.05) is 0 Å². The molecule has 134 valence electrons. The lowest BCUT2D eigenvalue weighted by molar-refractivity contribution is 0.512. The van der Waals surface area contributed by atoms with Gasteiger partial charge in [0, 0.05) is 0 Å². The second kappa shape index (κ2) is 17.2. The average Bonchev–Trinajstić information content (AvgIpc) is 2.46. The van der Waals surface area contributed by atoms with Crippen LogP contribution in [0.25, 0.3) is 0 Å². The van der Waals surface area contributed by atoms with Gasteiger partial charge in [-0.1, -0.05) is 89.9 Å². The Hall–Kier alpha value is -0.160. The normalized spacial score (nSPS) is 11.7. The zero-order valence-corrected chi connectivity index (χ0v) is 14.8. The lowest BCUT2D eigenvalue weighted by Crippen LogP contribution is -2.29. The van der Waals surface area contributed by atoms with E-state index >= 15 is 0 Å². The lowest BCUT2D eigenvalue weighted by Gasteiger charge is -2.05. The van der Waals surface area contributed by atoms with E-state index in [0.717, 1.165) is 12.8 Å². The van der Waals surface area contributed by atoms with Gasteiger partial charge >= 0.3 is 0 Å². The fourth-order valence-corrected chi connectivity index (χ4v) is 2.88. The molecule has 0 unspecified atom stereocenters. The molecule has 22 heavy (non-hydrogen) atoms. The predicted octanol–water partition coefficient (Wildman–Crippen LogP) is 3.71. The SMILES string of the molecule is NC(N)CCCCCCCCCCCCCCCCC(N)N. The highest BCUT2D eigenvalue weighted by atomic mass is 14.8. The summed E-state index contributed by atoms with van der Waals surface area (Å²) in [7, 11) is 0. The van der Waals surface area contributed by atoms with Gasteiger partial charge in [-0.3, -0.25) is 0 Å². The van der Waals surface area contributed by atoms with Crippen molar-refractivity contribution < 1.29 is 0 Å². The Kier molecular flexibility index (Phi) is 17.1. The molecule has 0 atom stereocenters. The molecule has 0 amide bonds. The van der Waals surface area contributed by atoms with Gasteiger partial charge < -0.3 is 22.9 Å². The minimum atomic E-state index is -0.113. The summed E-state index contributed by atoms with van der Waals surface area (Å²) in [4.78, 5) is 0. The summed E-state index contributed by atoms with van der Waals surface area (Å²) in [6.45, 7) is 0. The van der Waals surface area contributed by atoms with Crippen molar-refractivity contribution in [2.45, 2.75) is 115 Å². The maximum atomic E-state index is 5.53. The largest absolute Gasteiger partial charge is 0.316 e. The summed E-state index contributed by atoms with van der Waals surface area (Å²) in [5, 5.41) is 0. The number of hydrogen-bond acceptors (Lipinski definition) is 4. The van der Waals surface area contributed by atoms with Crippen LogP contribution in [-0.4, -0.2) is 12.3 Å². The molecular formula is C18H42N4. The van der Waals surface area contributed by atoms with Crippen LogP contribution in [0, 0.1) is 0 Å². The molecule has 0 aliphatic heterocycles. The summed E-state index contributed by atoms with van der Waals surface area (Å²) in [6, 6.07) is 0.